The largest absolute Gasteiger partial charge is 0.493 e. The minimum Gasteiger partial charge on any atom is -0.493 e. The molecule has 170 valence electrons. The molecule has 0 unspecified atom stereocenters. The molecule has 0 bridgehead atoms. The summed E-state index contributed by atoms with van der Waals surface area (Å²) in [7, 11) is 6.76. The predicted octanol–water partition coefficient (Wildman–Crippen LogP) is 3.13. The Balaban J connectivity index is 1.44. The van der Waals surface area contributed by atoms with Crippen LogP contribution in [0.4, 0.5) is 5.95 Å². The zero-order valence-corrected chi connectivity index (χ0v) is 19.1. The molecule has 0 spiro atoms. The van der Waals surface area contributed by atoms with Crippen LogP contribution in [0.15, 0.2) is 36.4 Å². The molecule has 2 heterocycles. The van der Waals surface area contributed by atoms with Gasteiger partial charge in [-0.15, -0.1) is 0 Å². The molecule has 8 nitrogen and oxygen atoms in total. The number of nitrogens with one attached hydrogen (secondary N) is 1. The molecule has 1 saturated heterocycles. The fourth-order valence-corrected chi connectivity index (χ4v) is 4.36. The van der Waals surface area contributed by atoms with Crippen molar-refractivity contribution in [3.8, 4) is 17.2 Å². The van der Waals surface area contributed by atoms with Crippen LogP contribution in [-0.2, 0) is 18.4 Å². The number of fused-ring (bicyclic) bond motifs is 1. The number of benzene rings is 2. The summed E-state index contributed by atoms with van der Waals surface area (Å²) in [6, 6.07) is 11.8. The second-order valence-corrected chi connectivity index (χ2v) is 8.00. The average molecular weight is 439 g/mol. The lowest BCUT2D eigenvalue weighted by atomic mass is 9.97. The van der Waals surface area contributed by atoms with Gasteiger partial charge in [-0.25, -0.2) is 4.98 Å². The van der Waals surface area contributed by atoms with Gasteiger partial charge in [0.1, 0.15) is 0 Å². The van der Waals surface area contributed by atoms with Gasteiger partial charge >= 0.3 is 0 Å². The number of aromatic nitrogens is 2. The van der Waals surface area contributed by atoms with Gasteiger partial charge in [0.05, 0.1) is 38.3 Å². The summed E-state index contributed by atoms with van der Waals surface area (Å²) in [6.07, 6.45) is 1.81. The number of hydrogen-bond acceptors (Lipinski definition) is 6. The van der Waals surface area contributed by atoms with E-state index in [-0.39, 0.29) is 11.8 Å². The maximum absolute atomic E-state index is 13.0. The molecule has 8 heteroatoms. The van der Waals surface area contributed by atoms with E-state index >= 15 is 0 Å². The molecule has 2 aromatic carbocycles. The lowest BCUT2D eigenvalue weighted by Gasteiger charge is -2.32. The highest BCUT2D eigenvalue weighted by Crippen LogP contribution is 2.38. The number of carbonyl (C=O) groups excluding carboxylic acids is 1. The Morgan fingerprint density at radius 1 is 1.12 bits per heavy atom. The van der Waals surface area contributed by atoms with Gasteiger partial charge in [-0.3, -0.25) is 4.79 Å². The molecule has 1 N–H and O–H groups in total. The van der Waals surface area contributed by atoms with Gasteiger partial charge in [-0.1, -0.05) is 12.1 Å². The van der Waals surface area contributed by atoms with Gasteiger partial charge in [-0.05, 0) is 42.7 Å². The standard InChI is InChI=1S/C24H30N4O4/c1-27-19-10-6-5-9-18(19)26-24(27)28-11-7-8-17(15-28)23(29)25-14-16-12-20(30-2)22(32-4)21(13-16)31-3/h5-6,9-10,12-13,17H,7-8,11,14-15H2,1-4H3,(H,25,29)/t17-/m1/s1. The summed E-state index contributed by atoms with van der Waals surface area (Å²) in [5, 5.41) is 3.08. The summed E-state index contributed by atoms with van der Waals surface area (Å²) in [5.41, 5.74) is 2.95. The van der Waals surface area contributed by atoms with E-state index in [0.29, 0.717) is 30.3 Å². The van der Waals surface area contributed by atoms with Crippen molar-refractivity contribution in [2.24, 2.45) is 13.0 Å². The zero-order valence-electron chi connectivity index (χ0n) is 19.1. The van der Waals surface area contributed by atoms with Gasteiger partial charge in [0.25, 0.3) is 0 Å². The highest BCUT2D eigenvalue weighted by Gasteiger charge is 2.28. The van der Waals surface area contributed by atoms with Crippen molar-refractivity contribution in [3.63, 3.8) is 0 Å². The number of anilines is 1. The Hall–Kier alpha value is -3.42. The van der Waals surface area contributed by atoms with Crippen molar-refractivity contribution < 1.29 is 19.0 Å². The van der Waals surface area contributed by atoms with Gasteiger partial charge < -0.3 is 29.0 Å². The monoisotopic (exact) mass is 438 g/mol. The highest BCUT2D eigenvalue weighted by molar-refractivity contribution is 5.81. The smallest absolute Gasteiger partial charge is 0.225 e. The summed E-state index contributed by atoms with van der Waals surface area (Å²) < 4.78 is 18.3. The number of amides is 1. The third kappa shape index (κ3) is 4.17. The van der Waals surface area contributed by atoms with Crippen LogP contribution in [0.2, 0.25) is 0 Å². The molecule has 1 amide bonds. The third-order valence-electron chi connectivity index (χ3n) is 6.03. The van der Waals surface area contributed by atoms with E-state index < -0.39 is 0 Å². The average Bonchev–Trinajstić information content (AvgIpc) is 3.18. The summed E-state index contributed by atoms with van der Waals surface area (Å²) >= 11 is 0. The van der Waals surface area contributed by atoms with Crippen LogP contribution < -0.4 is 24.4 Å². The van der Waals surface area contributed by atoms with Gasteiger partial charge in [0, 0.05) is 26.7 Å². The summed E-state index contributed by atoms with van der Waals surface area (Å²) in [6.45, 7) is 1.93. The number of rotatable bonds is 7. The van der Waals surface area contributed by atoms with Crippen LogP contribution in [-0.4, -0.2) is 49.9 Å². The van der Waals surface area contributed by atoms with Crippen LogP contribution in [0.25, 0.3) is 11.0 Å². The van der Waals surface area contributed by atoms with Crippen molar-refractivity contribution in [3.05, 3.63) is 42.0 Å². The first-order valence-corrected chi connectivity index (χ1v) is 10.8. The van der Waals surface area contributed by atoms with Crippen LogP contribution in [0.5, 0.6) is 17.2 Å². The van der Waals surface area contributed by atoms with E-state index in [0.717, 1.165) is 41.9 Å². The molecule has 0 aliphatic carbocycles. The third-order valence-corrected chi connectivity index (χ3v) is 6.03. The normalized spacial score (nSPS) is 16.1. The summed E-state index contributed by atoms with van der Waals surface area (Å²) in [5.74, 6) is 2.54. The Bertz CT molecular complexity index is 1090. The first-order valence-electron chi connectivity index (χ1n) is 10.8. The molecule has 1 aliphatic rings. The van der Waals surface area contributed by atoms with E-state index in [1.54, 1.807) is 21.3 Å². The van der Waals surface area contributed by atoms with Crippen molar-refractivity contribution in [1.29, 1.82) is 0 Å². The van der Waals surface area contributed by atoms with Crippen molar-refractivity contribution in [2.45, 2.75) is 19.4 Å². The number of hydrogen-bond donors (Lipinski definition) is 1. The van der Waals surface area contributed by atoms with Crippen molar-refractivity contribution >= 4 is 22.9 Å². The lowest BCUT2D eigenvalue weighted by Crippen LogP contribution is -2.43. The van der Waals surface area contributed by atoms with E-state index in [9.17, 15) is 4.79 Å². The number of imidazole rings is 1. The van der Waals surface area contributed by atoms with Crippen LogP contribution in [0, 0.1) is 5.92 Å². The molecule has 4 rings (SSSR count). The minimum atomic E-state index is -0.0920. The maximum atomic E-state index is 13.0. The molecule has 1 atom stereocenters. The number of para-hydroxylation sites is 2. The fourth-order valence-electron chi connectivity index (χ4n) is 4.36. The molecule has 1 fully saturated rings. The topological polar surface area (TPSA) is 77.9 Å². The van der Waals surface area contributed by atoms with Gasteiger partial charge in [0.15, 0.2) is 11.5 Å². The number of carbonyl (C=O) groups is 1. The Morgan fingerprint density at radius 3 is 2.50 bits per heavy atom. The lowest BCUT2D eigenvalue weighted by molar-refractivity contribution is -0.125. The number of nitrogens with zero attached hydrogens (tertiary/aromatic N) is 3. The molecule has 32 heavy (non-hydrogen) atoms. The summed E-state index contributed by atoms with van der Waals surface area (Å²) in [4.78, 5) is 20.0. The first kappa shape index (κ1) is 21.8. The molecular formula is C24H30N4O4. The molecule has 0 radical (unpaired) electrons. The Labute approximate surface area is 188 Å². The van der Waals surface area contributed by atoms with Crippen molar-refractivity contribution in [1.82, 2.24) is 14.9 Å². The fraction of sp³-hybridized carbons (Fsp3) is 0.417. The van der Waals surface area contributed by atoms with E-state index in [1.807, 2.05) is 37.4 Å². The molecule has 3 aromatic rings. The second-order valence-electron chi connectivity index (χ2n) is 8.00. The number of piperidine rings is 1. The number of ether oxygens (including phenoxy) is 3. The van der Waals surface area contributed by atoms with E-state index in [4.69, 9.17) is 19.2 Å². The molecule has 1 aliphatic heterocycles. The quantitative estimate of drug-likeness (QED) is 0.611. The van der Waals surface area contributed by atoms with Crippen LogP contribution in [0.3, 0.4) is 0 Å². The van der Waals surface area contributed by atoms with Gasteiger partial charge in [0.2, 0.25) is 17.6 Å². The van der Waals surface area contributed by atoms with Gasteiger partial charge in [-0.2, -0.15) is 0 Å². The second kappa shape index (κ2) is 9.38. The van der Waals surface area contributed by atoms with Crippen molar-refractivity contribution in [2.75, 3.05) is 39.3 Å². The zero-order chi connectivity index (χ0) is 22.7. The molecule has 1 aromatic heterocycles. The Kier molecular flexibility index (Phi) is 6.39. The van der Waals surface area contributed by atoms with E-state index in [2.05, 4.69) is 20.9 Å². The van der Waals surface area contributed by atoms with Crippen LogP contribution in [0.1, 0.15) is 18.4 Å². The Morgan fingerprint density at radius 2 is 1.84 bits per heavy atom. The highest BCUT2D eigenvalue weighted by atomic mass is 16.5. The number of methoxy groups -OCH3 is 3. The van der Waals surface area contributed by atoms with E-state index in [1.165, 1.54) is 0 Å². The van der Waals surface area contributed by atoms with Crippen LogP contribution >= 0.6 is 0 Å². The molecular weight excluding hydrogens is 408 g/mol. The maximum Gasteiger partial charge on any atom is 0.225 e. The first-order chi connectivity index (χ1) is 15.5. The minimum absolute atomic E-state index is 0.0437. The SMILES string of the molecule is COc1cc(CNC(=O)[C@@H]2CCCN(c3nc4ccccc4n3C)C2)cc(OC)c1OC. The molecule has 0 saturated carbocycles. The predicted molar refractivity (Wildman–Crippen MR) is 124 cm³/mol. The number of aryl methyl sites for hydroxylation is 1.